The van der Waals surface area contributed by atoms with Crippen LogP contribution in [0.3, 0.4) is 0 Å². The smallest absolute Gasteiger partial charge is 0.306 e. The van der Waals surface area contributed by atoms with Crippen LogP contribution >= 0.6 is 0 Å². The minimum absolute atomic E-state index is 0.0592. The average Bonchev–Trinajstić information content (AvgIpc) is 3.32. The Hall–Kier alpha value is -2.05. The lowest BCUT2D eigenvalue weighted by Gasteiger charge is -2.42. The number of ether oxygens (including phenoxy) is 6. The minimum atomic E-state index is -1.71. The summed E-state index contributed by atoms with van der Waals surface area (Å²) in [6.07, 6.45) is 30.3. The number of esters is 1. The molecule has 390 valence electrons. The Morgan fingerprint density at radius 2 is 0.970 bits per heavy atom. The minimum Gasteiger partial charge on any atom is -0.457 e. The van der Waals surface area contributed by atoms with Crippen LogP contribution in [0.1, 0.15) is 181 Å². The molecule has 2 heterocycles. The van der Waals surface area contributed by atoms with Crippen LogP contribution in [-0.2, 0) is 33.2 Å². The molecule has 2 aliphatic rings. The highest BCUT2D eigenvalue weighted by Gasteiger charge is 2.47. The summed E-state index contributed by atoms with van der Waals surface area (Å²) in [5, 5.41) is 72.1. The van der Waals surface area contributed by atoms with Crippen LogP contribution in [0.2, 0.25) is 0 Å². The zero-order valence-corrected chi connectivity index (χ0v) is 41.4. The molecule has 0 aromatic heterocycles. The van der Waals surface area contributed by atoms with Crippen molar-refractivity contribution in [3.05, 3.63) is 48.6 Å². The molecular formula is C53H94O14. The molecule has 0 amide bonds. The van der Waals surface area contributed by atoms with Crippen molar-refractivity contribution in [1.82, 2.24) is 0 Å². The van der Waals surface area contributed by atoms with Crippen LogP contribution in [0.25, 0.3) is 0 Å². The summed E-state index contributed by atoms with van der Waals surface area (Å²) in [5.74, 6) is -0.384. The van der Waals surface area contributed by atoms with E-state index < -0.39 is 80.7 Å². The normalized spacial score (nSPS) is 26.5. The summed E-state index contributed by atoms with van der Waals surface area (Å²) in [6.45, 7) is 3.57. The molecule has 67 heavy (non-hydrogen) atoms. The molecule has 7 N–H and O–H groups in total. The van der Waals surface area contributed by atoms with Gasteiger partial charge in [-0.3, -0.25) is 4.79 Å². The van der Waals surface area contributed by atoms with E-state index in [0.29, 0.717) is 13.0 Å². The maximum atomic E-state index is 13.0. The van der Waals surface area contributed by atoms with Crippen LogP contribution in [0.5, 0.6) is 0 Å². The predicted molar refractivity (Wildman–Crippen MR) is 261 cm³/mol. The van der Waals surface area contributed by atoms with Gasteiger partial charge in [-0.05, 0) is 51.4 Å². The number of unbranched alkanes of at least 4 members (excludes halogenated alkanes) is 19. The molecule has 11 unspecified atom stereocenters. The summed E-state index contributed by atoms with van der Waals surface area (Å²) in [6, 6.07) is 0. The van der Waals surface area contributed by atoms with Gasteiger partial charge in [0.2, 0.25) is 0 Å². The molecule has 0 aliphatic carbocycles. The quantitative estimate of drug-likeness (QED) is 0.0176. The summed E-state index contributed by atoms with van der Waals surface area (Å²) < 4.78 is 34.3. The van der Waals surface area contributed by atoms with E-state index in [2.05, 4.69) is 62.5 Å². The largest absolute Gasteiger partial charge is 0.457 e. The van der Waals surface area contributed by atoms with E-state index in [1.54, 1.807) is 0 Å². The maximum absolute atomic E-state index is 13.0. The third kappa shape index (κ3) is 28.4. The fraction of sp³-hybridized carbons (Fsp3) is 0.830. The first-order valence-corrected chi connectivity index (χ1v) is 26.2. The standard InChI is InChI=1S/C53H94O14/c1-3-5-7-9-11-13-15-17-18-19-20-21-22-23-24-25-26-28-30-32-34-36-45(55)65-42(39-62-37-35-33-31-29-27-16-14-12-10-8-6-4-2)40-63-52-51(61)49(59)47(57)44(67-52)41-64-53-50(60)48(58)46(56)43(38-54)66-53/h5,7,11,13,17-18,20-21,42-44,46-54,56-61H,3-4,6,8-10,12,14-16,19,22-41H2,1-2H3/b7-5-,13-11-,18-17-,21-20-. The fourth-order valence-electron chi connectivity index (χ4n) is 8.10. The van der Waals surface area contributed by atoms with Crippen LogP contribution in [0, 0.1) is 0 Å². The Morgan fingerprint density at radius 3 is 1.52 bits per heavy atom. The van der Waals surface area contributed by atoms with Gasteiger partial charge in [0.05, 0.1) is 26.4 Å². The molecule has 0 bridgehead atoms. The van der Waals surface area contributed by atoms with E-state index in [-0.39, 0.29) is 25.6 Å². The molecule has 0 aromatic carbocycles. The van der Waals surface area contributed by atoms with Crippen molar-refractivity contribution in [3.8, 4) is 0 Å². The molecule has 2 aliphatic heterocycles. The molecule has 0 aromatic rings. The fourth-order valence-corrected chi connectivity index (χ4v) is 8.10. The number of hydrogen-bond acceptors (Lipinski definition) is 14. The van der Waals surface area contributed by atoms with Crippen molar-refractivity contribution < 1.29 is 69.0 Å². The van der Waals surface area contributed by atoms with Crippen LogP contribution < -0.4 is 0 Å². The van der Waals surface area contributed by atoms with Gasteiger partial charge in [0.15, 0.2) is 12.6 Å². The molecule has 2 rings (SSSR count). The third-order valence-electron chi connectivity index (χ3n) is 12.4. The molecule has 2 saturated heterocycles. The lowest BCUT2D eigenvalue weighted by Crippen LogP contribution is -2.61. The van der Waals surface area contributed by atoms with Gasteiger partial charge in [-0.25, -0.2) is 0 Å². The van der Waals surface area contributed by atoms with Crippen molar-refractivity contribution in [2.24, 2.45) is 0 Å². The number of allylic oxidation sites excluding steroid dienone is 8. The number of rotatable bonds is 41. The van der Waals surface area contributed by atoms with E-state index >= 15 is 0 Å². The summed E-state index contributed by atoms with van der Waals surface area (Å²) in [4.78, 5) is 13.0. The number of hydrogen-bond donors (Lipinski definition) is 7. The van der Waals surface area contributed by atoms with E-state index in [0.717, 1.165) is 70.6 Å². The van der Waals surface area contributed by atoms with E-state index in [1.165, 1.54) is 83.5 Å². The second kappa shape index (κ2) is 40.7. The number of aliphatic hydroxyl groups excluding tert-OH is 7. The van der Waals surface area contributed by atoms with Crippen LogP contribution in [-0.4, -0.2) is 142 Å². The van der Waals surface area contributed by atoms with Crippen molar-refractivity contribution in [3.63, 3.8) is 0 Å². The second-order valence-corrected chi connectivity index (χ2v) is 18.3. The molecular weight excluding hydrogens is 861 g/mol. The molecule has 11 atom stereocenters. The van der Waals surface area contributed by atoms with Gasteiger partial charge in [0, 0.05) is 13.0 Å². The SMILES string of the molecule is CC/C=C\C/C=C\C/C=C\C/C=C\CCCCCCCCCCC(=O)OC(COCCCCCCCCCCCCCC)COC1OC(COC2OC(CO)C(O)C(O)C2O)C(O)C(O)C1O. The first kappa shape index (κ1) is 61.1. The van der Waals surface area contributed by atoms with Gasteiger partial charge >= 0.3 is 5.97 Å². The topological polar surface area (TPSA) is 214 Å². The van der Waals surface area contributed by atoms with Crippen molar-refractivity contribution in [2.45, 2.75) is 248 Å². The molecule has 0 spiro atoms. The molecule has 0 saturated carbocycles. The monoisotopic (exact) mass is 955 g/mol. The Labute approximate surface area is 403 Å². The highest BCUT2D eigenvalue weighted by atomic mass is 16.7. The van der Waals surface area contributed by atoms with Gasteiger partial charge in [0.25, 0.3) is 0 Å². The van der Waals surface area contributed by atoms with Gasteiger partial charge in [-0.2, -0.15) is 0 Å². The first-order chi connectivity index (χ1) is 32.6. The van der Waals surface area contributed by atoms with Crippen LogP contribution in [0.4, 0.5) is 0 Å². The Kier molecular flexibility index (Phi) is 37.1. The highest BCUT2D eigenvalue weighted by molar-refractivity contribution is 5.69. The Morgan fingerprint density at radius 1 is 0.507 bits per heavy atom. The highest BCUT2D eigenvalue weighted by Crippen LogP contribution is 2.26. The van der Waals surface area contributed by atoms with Crippen LogP contribution in [0.15, 0.2) is 48.6 Å². The maximum Gasteiger partial charge on any atom is 0.306 e. The van der Waals surface area contributed by atoms with E-state index in [9.17, 15) is 40.5 Å². The number of carbonyl (C=O) groups excluding carboxylic acids is 1. The second-order valence-electron chi connectivity index (χ2n) is 18.3. The summed E-state index contributed by atoms with van der Waals surface area (Å²) in [5.41, 5.74) is 0. The molecule has 14 heteroatoms. The van der Waals surface area contributed by atoms with E-state index in [1.807, 2.05) is 0 Å². The molecule has 2 fully saturated rings. The van der Waals surface area contributed by atoms with Gasteiger partial charge in [-0.15, -0.1) is 0 Å². The molecule has 0 radical (unpaired) electrons. The van der Waals surface area contributed by atoms with E-state index in [4.69, 9.17) is 28.4 Å². The van der Waals surface area contributed by atoms with Crippen molar-refractivity contribution in [1.29, 1.82) is 0 Å². The van der Waals surface area contributed by atoms with Crippen molar-refractivity contribution in [2.75, 3.05) is 33.0 Å². The molecule has 14 nitrogen and oxygen atoms in total. The zero-order valence-electron chi connectivity index (χ0n) is 41.4. The third-order valence-corrected chi connectivity index (χ3v) is 12.4. The average molecular weight is 955 g/mol. The number of carbonyl (C=O) groups is 1. The lowest BCUT2D eigenvalue weighted by molar-refractivity contribution is -0.332. The number of aliphatic hydroxyl groups is 7. The summed E-state index contributed by atoms with van der Waals surface area (Å²) in [7, 11) is 0. The van der Waals surface area contributed by atoms with Gasteiger partial charge < -0.3 is 64.2 Å². The first-order valence-electron chi connectivity index (χ1n) is 26.2. The van der Waals surface area contributed by atoms with Gasteiger partial charge in [0.1, 0.15) is 54.9 Å². The Balaban J connectivity index is 1.74. The van der Waals surface area contributed by atoms with Crippen molar-refractivity contribution >= 4 is 5.97 Å². The van der Waals surface area contributed by atoms with Gasteiger partial charge in [-0.1, -0.05) is 172 Å². The Bertz CT molecular complexity index is 1290. The lowest BCUT2D eigenvalue weighted by atomic mass is 9.98. The zero-order chi connectivity index (χ0) is 48.7. The predicted octanol–water partition coefficient (Wildman–Crippen LogP) is 7.96. The summed E-state index contributed by atoms with van der Waals surface area (Å²) >= 11 is 0.